The Balaban J connectivity index is 2.15. The molecule has 0 saturated heterocycles. The molecule has 0 spiro atoms. The number of amides is 1. The van der Waals surface area contributed by atoms with Crippen molar-refractivity contribution in [2.24, 2.45) is 0 Å². The first kappa shape index (κ1) is 21.6. The van der Waals surface area contributed by atoms with Gasteiger partial charge in [-0.05, 0) is 24.3 Å². The fourth-order valence-electron chi connectivity index (χ4n) is 1.84. The minimum absolute atomic E-state index is 0.0384. The molecule has 2 rings (SSSR count). The standard InChI is InChI=1S/C15H8Cl2F6N2OS/c16-8-1-2-11(10(17)4-8)25-12(26)6-27-13-9(15(21,22)23)3-7(5-24-13)14(18,19)20/h1-5H,6H2,(H,25,26). The summed E-state index contributed by atoms with van der Waals surface area (Å²) in [6.07, 6.45) is -9.75. The van der Waals surface area contributed by atoms with E-state index in [1.54, 1.807) is 0 Å². The van der Waals surface area contributed by atoms with E-state index in [1.807, 2.05) is 0 Å². The van der Waals surface area contributed by atoms with Crippen LogP contribution < -0.4 is 5.32 Å². The summed E-state index contributed by atoms with van der Waals surface area (Å²) in [6.45, 7) is 0. The van der Waals surface area contributed by atoms with Crippen molar-refractivity contribution in [3.05, 3.63) is 51.6 Å². The number of carbonyl (C=O) groups is 1. The predicted octanol–water partition coefficient (Wildman–Crippen LogP) is 6.16. The van der Waals surface area contributed by atoms with Crippen LogP contribution in [0.4, 0.5) is 32.0 Å². The van der Waals surface area contributed by atoms with Gasteiger partial charge in [0, 0.05) is 11.2 Å². The van der Waals surface area contributed by atoms with E-state index in [9.17, 15) is 31.1 Å². The molecule has 1 heterocycles. The molecule has 2 aromatic rings. The number of hydrogen-bond donors (Lipinski definition) is 1. The molecule has 1 aromatic carbocycles. The van der Waals surface area contributed by atoms with Gasteiger partial charge in [-0.15, -0.1) is 0 Å². The Hall–Kier alpha value is -1.65. The lowest BCUT2D eigenvalue weighted by molar-refractivity contribution is -0.145. The molecule has 0 saturated carbocycles. The van der Waals surface area contributed by atoms with Gasteiger partial charge in [-0.2, -0.15) is 26.3 Å². The summed E-state index contributed by atoms with van der Waals surface area (Å²) in [6, 6.07) is 4.15. The van der Waals surface area contributed by atoms with Crippen molar-refractivity contribution in [3.8, 4) is 0 Å². The number of rotatable bonds is 4. The summed E-state index contributed by atoms with van der Waals surface area (Å²) >= 11 is 11.9. The molecule has 0 bridgehead atoms. The maximum absolute atomic E-state index is 13.0. The Bertz CT molecular complexity index is 857. The number of carbonyl (C=O) groups excluding carboxylic acids is 1. The fraction of sp³-hybridized carbons (Fsp3) is 0.200. The Morgan fingerprint density at radius 3 is 2.30 bits per heavy atom. The molecule has 27 heavy (non-hydrogen) atoms. The number of thioether (sulfide) groups is 1. The number of halogens is 8. The van der Waals surface area contributed by atoms with Crippen LogP contribution >= 0.6 is 35.0 Å². The van der Waals surface area contributed by atoms with Crippen LogP contribution in [0, 0.1) is 0 Å². The number of pyridine rings is 1. The third-order valence-electron chi connectivity index (χ3n) is 3.03. The molecule has 1 amide bonds. The average Bonchev–Trinajstić information content (AvgIpc) is 2.53. The molecule has 12 heteroatoms. The summed E-state index contributed by atoms with van der Waals surface area (Å²) in [5, 5.41) is 2.05. The van der Waals surface area contributed by atoms with Crippen LogP contribution in [0.5, 0.6) is 0 Å². The number of anilines is 1. The molecule has 0 aliphatic carbocycles. The Morgan fingerprint density at radius 1 is 1.07 bits per heavy atom. The normalized spacial score (nSPS) is 12.1. The SMILES string of the molecule is O=C(CSc1ncc(C(F)(F)F)cc1C(F)(F)F)Nc1ccc(Cl)cc1Cl. The molecule has 0 atom stereocenters. The Kier molecular flexibility index (Phi) is 6.54. The molecule has 3 nitrogen and oxygen atoms in total. The average molecular weight is 449 g/mol. The van der Waals surface area contributed by atoms with Crippen molar-refractivity contribution in [1.82, 2.24) is 4.98 Å². The molecule has 1 N–H and O–H groups in total. The number of benzene rings is 1. The van der Waals surface area contributed by atoms with Crippen molar-refractivity contribution in [2.45, 2.75) is 17.4 Å². The third-order valence-corrected chi connectivity index (χ3v) is 4.58. The smallest absolute Gasteiger partial charge is 0.324 e. The first-order valence-electron chi connectivity index (χ1n) is 6.90. The second kappa shape index (κ2) is 8.15. The van der Waals surface area contributed by atoms with Crippen LogP contribution in [-0.2, 0) is 17.1 Å². The molecule has 0 fully saturated rings. The number of alkyl halides is 6. The highest BCUT2D eigenvalue weighted by Gasteiger charge is 2.39. The highest BCUT2D eigenvalue weighted by molar-refractivity contribution is 8.00. The van der Waals surface area contributed by atoms with Gasteiger partial charge in [0.15, 0.2) is 0 Å². The van der Waals surface area contributed by atoms with Crippen molar-refractivity contribution < 1.29 is 31.1 Å². The van der Waals surface area contributed by atoms with Crippen LogP contribution in [0.15, 0.2) is 35.5 Å². The van der Waals surface area contributed by atoms with E-state index < -0.39 is 40.2 Å². The maximum atomic E-state index is 13.0. The first-order chi connectivity index (χ1) is 12.4. The lowest BCUT2D eigenvalue weighted by Gasteiger charge is -2.14. The quantitative estimate of drug-likeness (QED) is 0.450. The van der Waals surface area contributed by atoms with Crippen LogP contribution in [0.3, 0.4) is 0 Å². The van der Waals surface area contributed by atoms with Gasteiger partial charge >= 0.3 is 12.4 Å². The highest BCUT2D eigenvalue weighted by Crippen LogP contribution is 2.39. The van der Waals surface area contributed by atoms with Gasteiger partial charge in [0.1, 0.15) is 5.03 Å². The Labute approximate surface area is 163 Å². The molecule has 0 aliphatic rings. The van der Waals surface area contributed by atoms with Crippen molar-refractivity contribution in [1.29, 1.82) is 0 Å². The molecule has 146 valence electrons. The fourth-order valence-corrected chi connectivity index (χ4v) is 3.09. The van der Waals surface area contributed by atoms with Crippen molar-refractivity contribution in [3.63, 3.8) is 0 Å². The van der Waals surface area contributed by atoms with E-state index >= 15 is 0 Å². The molecule has 0 radical (unpaired) electrons. The molecule has 0 unspecified atom stereocenters. The van der Waals surface area contributed by atoms with Crippen LogP contribution in [0.1, 0.15) is 11.1 Å². The van der Waals surface area contributed by atoms with Crippen LogP contribution in [0.25, 0.3) is 0 Å². The van der Waals surface area contributed by atoms with Gasteiger partial charge in [0.05, 0.1) is 27.6 Å². The van der Waals surface area contributed by atoms with Gasteiger partial charge in [0.2, 0.25) is 5.91 Å². The van der Waals surface area contributed by atoms with E-state index in [-0.39, 0.29) is 23.0 Å². The maximum Gasteiger partial charge on any atom is 0.419 e. The van der Waals surface area contributed by atoms with Gasteiger partial charge < -0.3 is 5.32 Å². The lowest BCUT2D eigenvalue weighted by atomic mass is 10.2. The lowest BCUT2D eigenvalue weighted by Crippen LogP contribution is -2.16. The molecular formula is C15H8Cl2F6N2OS. The minimum atomic E-state index is -5.06. The zero-order valence-electron chi connectivity index (χ0n) is 12.9. The highest BCUT2D eigenvalue weighted by atomic mass is 35.5. The zero-order valence-corrected chi connectivity index (χ0v) is 15.2. The number of hydrogen-bond acceptors (Lipinski definition) is 3. The second-order valence-electron chi connectivity index (χ2n) is 5.03. The van der Waals surface area contributed by atoms with Crippen molar-refractivity contribution >= 4 is 46.6 Å². The predicted molar refractivity (Wildman–Crippen MR) is 90.1 cm³/mol. The van der Waals surface area contributed by atoms with E-state index in [0.29, 0.717) is 16.8 Å². The summed E-state index contributed by atoms with van der Waals surface area (Å²) in [5.74, 6) is -1.25. The van der Waals surface area contributed by atoms with E-state index in [1.165, 1.54) is 18.2 Å². The van der Waals surface area contributed by atoms with E-state index in [4.69, 9.17) is 23.2 Å². The largest absolute Gasteiger partial charge is 0.419 e. The summed E-state index contributed by atoms with van der Waals surface area (Å²) < 4.78 is 76.9. The van der Waals surface area contributed by atoms with E-state index in [2.05, 4.69) is 10.3 Å². The summed E-state index contributed by atoms with van der Waals surface area (Å²) in [5.41, 5.74) is -2.92. The van der Waals surface area contributed by atoms with Crippen molar-refractivity contribution in [2.75, 3.05) is 11.1 Å². The van der Waals surface area contributed by atoms with Gasteiger partial charge in [-0.25, -0.2) is 4.98 Å². The molecular weight excluding hydrogens is 441 g/mol. The number of nitrogens with zero attached hydrogens (tertiary/aromatic N) is 1. The van der Waals surface area contributed by atoms with Crippen LogP contribution in [0.2, 0.25) is 10.0 Å². The summed E-state index contributed by atoms with van der Waals surface area (Å²) in [7, 11) is 0. The van der Waals surface area contributed by atoms with E-state index in [0.717, 1.165) is 0 Å². The number of aromatic nitrogens is 1. The third kappa shape index (κ3) is 5.91. The molecule has 1 aromatic heterocycles. The topological polar surface area (TPSA) is 42.0 Å². The first-order valence-corrected chi connectivity index (χ1v) is 8.64. The van der Waals surface area contributed by atoms with Gasteiger partial charge in [-0.1, -0.05) is 35.0 Å². The summed E-state index contributed by atoms with van der Waals surface area (Å²) in [4.78, 5) is 15.1. The van der Waals surface area contributed by atoms with Gasteiger partial charge in [-0.3, -0.25) is 4.79 Å². The zero-order chi connectivity index (χ0) is 20.4. The minimum Gasteiger partial charge on any atom is -0.324 e. The monoisotopic (exact) mass is 448 g/mol. The van der Waals surface area contributed by atoms with Gasteiger partial charge in [0.25, 0.3) is 0 Å². The number of nitrogens with one attached hydrogen (secondary N) is 1. The molecule has 0 aliphatic heterocycles. The second-order valence-corrected chi connectivity index (χ2v) is 6.84. The van der Waals surface area contributed by atoms with Crippen LogP contribution in [-0.4, -0.2) is 16.6 Å². The Morgan fingerprint density at radius 2 is 1.74 bits per heavy atom.